The summed E-state index contributed by atoms with van der Waals surface area (Å²) in [6.45, 7) is 14.4. The average molecular weight is 256 g/mol. The van der Waals surface area contributed by atoms with Gasteiger partial charge in [0.15, 0.2) is 0 Å². The fraction of sp³-hybridized carbons (Fsp3) is 0.417. The number of nitrogens with zero attached hydrogens (tertiary/aromatic N) is 2. The summed E-state index contributed by atoms with van der Waals surface area (Å²) in [6.07, 6.45) is 1.61. The van der Waals surface area contributed by atoms with Crippen molar-refractivity contribution in [1.29, 1.82) is 0 Å². The Kier molecular flexibility index (Phi) is 6.70. The maximum atomic E-state index is 4.08. The summed E-state index contributed by atoms with van der Waals surface area (Å²) in [4.78, 5) is 1.83. The van der Waals surface area contributed by atoms with Crippen LogP contribution in [0.3, 0.4) is 0 Å². The minimum atomic E-state index is 0.437. The molecular weight excluding hydrogens is 235 g/mol. The van der Waals surface area contributed by atoms with Gasteiger partial charge < -0.3 is 4.90 Å². The van der Waals surface area contributed by atoms with E-state index in [4.69, 9.17) is 0 Å². The van der Waals surface area contributed by atoms with E-state index >= 15 is 0 Å². The van der Waals surface area contributed by atoms with E-state index in [1.165, 1.54) is 0 Å². The molecule has 0 amide bonds. The molecule has 0 aliphatic heterocycles. The molecule has 1 atom stereocenters. The van der Waals surface area contributed by atoms with Crippen LogP contribution in [0.5, 0.6) is 0 Å². The van der Waals surface area contributed by atoms with Gasteiger partial charge >= 0.3 is 0 Å². The molecule has 90 valence electrons. The van der Waals surface area contributed by atoms with E-state index < -0.39 is 0 Å². The normalized spacial score (nSPS) is 12.9. The highest BCUT2D eigenvalue weighted by Crippen LogP contribution is 2.28. The second kappa shape index (κ2) is 6.93. The molecule has 2 nitrogen and oxygen atoms in total. The number of likely N-dealkylation sites (N-methyl/N-ethyl adjacent to an activating group) is 1. The van der Waals surface area contributed by atoms with Crippen LogP contribution in [0.25, 0.3) is 0 Å². The van der Waals surface area contributed by atoms with Crippen molar-refractivity contribution in [3.8, 4) is 0 Å². The molecule has 0 saturated carbocycles. The van der Waals surface area contributed by atoms with E-state index in [1.54, 1.807) is 6.34 Å². The number of thiol groups is 1. The van der Waals surface area contributed by atoms with Gasteiger partial charge in [-0.1, -0.05) is 27.0 Å². The maximum Gasteiger partial charge on any atom is 0.103 e. The molecule has 0 fully saturated rings. The van der Waals surface area contributed by atoms with Crippen LogP contribution in [0.4, 0.5) is 0 Å². The van der Waals surface area contributed by atoms with Gasteiger partial charge in [-0.15, -0.1) is 9.24 Å². The molecule has 16 heavy (non-hydrogen) atoms. The molecule has 0 aliphatic rings. The predicted molar refractivity (Wildman–Crippen MR) is 80.8 cm³/mol. The van der Waals surface area contributed by atoms with Crippen LogP contribution in [-0.4, -0.2) is 18.3 Å². The molecule has 1 unspecified atom stereocenters. The summed E-state index contributed by atoms with van der Waals surface area (Å²) in [7, 11) is 4.60. The summed E-state index contributed by atoms with van der Waals surface area (Å²) in [5.74, 6) is 0.437. The van der Waals surface area contributed by atoms with Gasteiger partial charge in [0.05, 0.1) is 0 Å². The van der Waals surface area contributed by atoms with Gasteiger partial charge in [0, 0.05) is 12.7 Å². The number of allylic oxidation sites excluding steroid dienone is 3. The lowest BCUT2D eigenvalue weighted by Crippen LogP contribution is -2.15. The molecule has 0 spiro atoms. The highest BCUT2D eigenvalue weighted by molar-refractivity contribution is 7.78. The largest absolute Gasteiger partial charge is 0.335 e. The Balaban J connectivity index is 5.02. The Morgan fingerprint density at radius 3 is 2.31 bits per heavy atom. The van der Waals surface area contributed by atoms with Gasteiger partial charge in [0.25, 0.3) is 0 Å². The third kappa shape index (κ3) is 4.15. The molecule has 0 N–H and O–H groups in total. The Bertz CT molecular complexity index is 343. The Morgan fingerprint density at radius 2 is 1.94 bits per heavy atom. The molecular formula is C12H21N2PS. The van der Waals surface area contributed by atoms with Crippen molar-refractivity contribution in [1.82, 2.24) is 4.90 Å². The molecule has 0 radical (unpaired) electrons. The van der Waals surface area contributed by atoms with Gasteiger partial charge in [-0.3, -0.25) is 0 Å². The molecule has 0 aromatic carbocycles. The fourth-order valence-electron chi connectivity index (χ4n) is 1.16. The first-order chi connectivity index (χ1) is 7.32. The minimum Gasteiger partial charge on any atom is -0.335 e. The van der Waals surface area contributed by atoms with Crippen LogP contribution in [0.1, 0.15) is 20.8 Å². The van der Waals surface area contributed by atoms with Crippen LogP contribution in [0.2, 0.25) is 0 Å². The van der Waals surface area contributed by atoms with E-state index in [0.29, 0.717) is 5.92 Å². The van der Waals surface area contributed by atoms with Crippen LogP contribution in [0.15, 0.2) is 39.7 Å². The van der Waals surface area contributed by atoms with Gasteiger partial charge in [-0.2, -0.15) is 0 Å². The minimum absolute atomic E-state index is 0.437. The molecule has 4 heteroatoms. The fourth-order valence-corrected chi connectivity index (χ4v) is 1.70. The van der Waals surface area contributed by atoms with E-state index in [-0.39, 0.29) is 0 Å². The highest BCUT2D eigenvalue weighted by Gasteiger charge is 2.10. The lowest BCUT2D eigenvalue weighted by Gasteiger charge is -2.20. The third-order valence-corrected chi connectivity index (χ3v) is 3.41. The first-order valence-electron chi connectivity index (χ1n) is 5.08. The van der Waals surface area contributed by atoms with Gasteiger partial charge in [0.2, 0.25) is 0 Å². The van der Waals surface area contributed by atoms with E-state index in [9.17, 15) is 0 Å². The topological polar surface area (TPSA) is 15.6 Å². The summed E-state index contributed by atoms with van der Waals surface area (Å²) in [6, 6.07) is 0. The molecule has 0 rings (SSSR count). The summed E-state index contributed by atoms with van der Waals surface area (Å²) in [5.41, 5.74) is 3.16. The smallest absolute Gasteiger partial charge is 0.103 e. The lowest BCUT2D eigenvalue weighted by molar-refractivity contribution is 0.667. The summed E-state index contributed by atoms with van der Waals surface area (Å²) in [5, 5.41) is 1.05. The van der Waals surface area contributed by atoms with Gasteiger partial charge in [0.1, 0.15) is 6.34 Å². The Morgan fingerprint density at radius 1 is 1.44 bits per heavy atom. The van der Waals surface area contributed by atoms with E-state index in [1.807, 2.05) is 11.9 Å². The van der Waals surface area contributed by atoms with Crippen LogP contribution < -0.4 is 0 Å². The molecule has 0 heterocycles. The summed E-state index contributed by atoms with van der Waals surface area (Å²) < 4.78 is 3.66. The van der Waals surface area contributed by atoms with Crippen molar-refractivity contribution in [3.63, 3.8) is 0 Å². The predicted octanol–water partition coefficient (Wildman–Crippen LogP) is 3.67. The number of rotatable bonds is 5. The Labute approximate surface area is 107 Å². The van der Waals surface area contributed by atoms with Crippen molar-refractivity contribution < 1.29 is 0 Å². The van der Waals surface area contributed by atoms with Crippen molar-refractivity contribution in [2.24, 2.45) is 10.3 Å². The third-order valence-electron chi connectivity index (χ3n) is 2.54. The molecule has 0 aromatic heterocycles. The van der Waals surface area contributed by atoms with Gasteiger partial charge in [-0.05, 0) is 42.1 Å². The molecule has 0 bridgehead atoms. The van der Waals surface area contributed by atoms with Crippen molar-refractivity contribution >= 4 is 28.4 Å². The van der Waals surface area contributed by atoms with Crippen LogP contribution >= 0.6 is 22.1 Å². The van der Waals surface area contributed by atoms with Crippen LogP contribution in [-0.2, 0) is 0 Å². The first-order valence-corrected chi connectivity index (χ1v) is 6.05. The SMILES string of the molecule is C=C(/C(C)=C(/P)C(=C)N(C)/C=N\S)C(C)C. The lowest BCUT2D eigenvalue weighted by atomic mass is 9.97. The van der Waals surface area contributed by atoms with E-state index in [0.717, 1.165) is 22.2 Å². The first kappa shape index (κ1) is 15.5. The zero-order chi connectivity index (χ0) is 12.9. The zero-order valence-electron chi connectivity index (χ0n) is 10.5. The monoisotopic (exact) mass is 256 g/mol. The zero-order valence-corrected chi connectivity index (χ0v) is 12.5. The molecule has 0 aromatic rings. The Hall–Kier alpha value is -0.530. The van der Waals surface area contributed by atoms with Crippen molar-refractivity contribution in [3.05, 3.63) is 35.3 Å². The molecule has 0 aliphatic carbocycles. The second-order valence-corrected chi connectivity index (χ2v) is 4.82. The van der Waals surface area contributed by atoms with Crippen molar-refractivity contribution in [2.45, 2.75) is 20.8 Å². The summed E-state index contributed by atoms with van der Waals surface area (Å²) >= 11 is 3.79. The van der Waals surface area contributed by atoms with E-state index in [2.05, 4.69) is 60.4 Å². The maximum absolute atomic E-state index is 4.08. The quantitative estimate of drug-likeness (QED) is 0.261. The standard InChI is InChI=1S/C12H21N2PS/c1-8(2)9(3)10(4)12(15)11(5)14(6)7-13-16/h7-8,16H,3,5,15H2,1-2,4,6H3/b12-10+,13-7-. The number of hydrogen-bond donors (Lipinski definition) is 1. The average Bonchev–Trinajstić information content (AvgIpc) is 2.25. The van der Waals surface area contributed by atoms with Crippen molar-refractivity contribution in [2.75, 3.05) is 7.05 Å². The molecule has 0 saturated heterocycles. The second-order valence-electron chi connectivity index (χ2n) is 4.01. The van der Waals surface area contributed by atoms with Gasteiger partial charge in [-0.25, -0.2) is 4.40 Å². The highest BCUT2D eigenvalue weighted by atomic mass is 32.1. The van der Waals surface area contributed by atoms with Crippen LogP contribution in [0, 0.1) is 5.92 Å². The number of hydrogen-bond acceptors (Lipinski definition) is 2.